The Bertz CT molecular complexity index is 5650. The summed E-state index contributed by atoms with van der Waals surface area (Å²) in [5, 5.41) is 101. The number of hydrogen-bond donors (Lipinski definition) is 12. The minimum Gasteiger partial charge on any atom is -0.388 e. The molecule has 10 heterocycles. The van der Waals surface area contributed by atoms with Gasteiger partial charge < -0.3 is 70.1 Å². The smallest absolute Gasteiger partial charge is 0.317 e. The number of aromatic amines is 5. The number of amides is 6. The van der Waals surface area contributed by atoms with E-state index in [1.54, 1.807) is 61.9 Å². The summed E-state index contributed by atoms with van der Waals surface area (Å²) in [7, 11) is 3.22. The van der Waals surface area contributed by atoms with E-state index in [2.05, 4.69) is 108 Å². The lowest BCUT2D eigenvalue weighted by Crippen LogP contribution is -2.47. The normalized spacial score (nSPS) is 17.4. The second-order valence-corrected chi connectivity index (χ2v) is 41.4. The summed E-state index contributed by atoms with van der Waals surface area (Å²) >= 11 is 30.6. The summed E-state index contributed by atoms with van der Waals surface area (Å²) in [4.78, 5) is 57.6. The van der Waals surface area contributed by atoms with Gasteiger partial charge in [-0.25, -0.2) is 22.8 Å². The first-order valence-corrected chi connectivity index (χ1v) is 48.4. The predicted molar refractivity (Wildman–Crippen MR) is 521 cm³/mol. The van der Waals surface area contributed by atoms with Crippen molar-refractivity contribution in [2.75, 3.05) is 106 Å². The average molecular weight is 1960 g/mol. The molecule has 3 unspecified atom stereocenters. The van der Waals surface area contributed by atoms with Crippen LogP contribution in [0, 0.1) is 74.1 Å². The number of methoxy groups -OCH3 is 2. The first-order valence-electron chi connectivity index (χ1n) is 46.5. The lowest BCUT2D eigenvalue weighted by molar-refractivity contribution is -0.133. The molecule has 15 rings (SSSR count). The number of benzene rings is 5. The SMILES string of the molecule is C=C(CC)N1CCC(C(C)(C)C(O)c2c(F)c(Cl)cc3cn[nH]c23)CC1.CC(=O)N1CCC(C(C)(C)[C@@H](O)c2cc(Cl)cc3cn[nH]c23)CC1.CCC(=O)N1CCC(C(C)(C)[C@@H](O)c2cc(Cl)cc3cn[nH]c23)CC1.COCCCNC(=O)N1CCC(C(C)(C)C(O)c2c(F)c(Cl)cc3cn[nH]c23)CC1.COCCNC(=O)N1CCC(C(C)(C)C(O)c2c(F)c(Cl)cc3cn[nH]c23)CC1. The predicted octanol–water partition coefficient (Wildman–Crippen LogP) is 19.9. The maximum Gasteiger partial charge on any atom is 0.317 e. The third-order valence-electron chi connectivity index (χ3n) is 29.7. The lowest BCUT2D eigenvalue weighted by Gasteiger charge is -2.44. The summed E-state index contributed by atoms with van der Waals surface area (Å²) in [5.41, 5.74) is 3.96. The number of likely N-dealkylation sites (tertiary alicyclic amines) is 5. The third-order valence-corrected chi connectivity index (χ3v) is 30.9. The Morgan fingerprint density at radius 1 is 0.410 bits per heavy atom. The van der Waals surface area contributed by atoms with Crippen LogP contribution in [0.15, 0.2) is 85.7 Å². The first-order chi connectivity index (χ1) is 63.4. The number of aliphatic hydroxyl groups is 5. The highest BCUT2D eigenvalue weighted by Crippen LogP contribution is 2.53. The van der Waals surface area contributed by atoms with Crippen molar-refractivity contribution in [2.24, 2.45) is 56.7 Å². The summed E-state index contributed by atoms with van der Waals surface area (Å²) < 4.78 is 54.5. The van der Waals surface area contributed by atoms with Crippen LogP contribution in [0.25, 0.3) is 54.5 Å². The summed E-state index contributed by atoms with van der Waals surface area (Å²) in [6.07, 6.45) is 14.4. The number of aromatic nitrogens is 10. The van der Waals surface area contributed by atoms with Gasteiger partial charge in [0.1, 0.15) is 17.5 Å². The number of carbonyl (C=O) groups is 4. The molecule has 36 heteroatoms. The molecular weight excluding hydrogens is 1830 g/mol. The Kier molecular flexibility index (Phi) is 36.2. The zero-order valence-electron chi connectivity index (χ0n) is 79.7. The van der Waals surface area contributed by atoms with Crippen LogP contribution in [0.4, 0.5) is 22.8 Å². The van der Waals surface area contributed by atoms with Gasteiger partial charge in [0.05, 0.1) is 111 Å². The molecular formula is C98H135Cl5F3N17O11. The van der Waals surface area contributed by atoms with Gasteiger partial charge in [-0.2, -0.15) is 25.5 Å². The molecule has 0 spiro atoms. The largest absolute Gasteiger partial charge is 0.388 e. The van der Waals surface area contributed by atoms with E-state index in [0.717, 1.165) is 155 Å². The van der Waals surface area contributed by atoms with Crippen LogP contribution in [0.2, 0.25) is 25.1 Å². The van der Waals surface area contributed by atoms with E-state index in [9.17, 15) is 57.9 Å². The molecule has 10 aromatic rings. The summed E-state index contributed by atoms with van der Waals surface area (Å²) in [5.74, 6) is -0.318. The Morgan fingerprint density at radius 2 is 0.687 bits per heavy atom. The van der Waals surface area contributed by atoms with Gasteiger partial charge in [-0.15, -0.1) is 0 Å². The van der Waals surface area contributed by atoms with Crippen molar-refractivity contribution in [1.82, 2.24) is 86.1 Å². The van der Waals surface area contributed by atoms with Gasteiger partial charge in [0, 0.05) is 183 Å². The molecule has 5 fully saturated rings. The van der Waals surface area contributed by atoms with Crippen LogP contribution in [-0.4, -0.2) is 231 Å². The Morgan fingerprint density at radius 3 is 0.985 bits per heavy atom. The molecule has 0 bridgehead atoms. The molecule has 12 N–H and O–H groups in total. The molecule has 0 aliphatic carbocycles. The number of hydrogen-bond acceptors (Lipinski definition) is 17. The highest BCUT2D eigenvalue weighted by atomic mass is 35.5. The number of nitrogens with one attached hydrogen (secondary N) is 7. The van der Waals surface area contributed by atoms with Crippen LogP contribution in [0.3, 0.4) is 0 Å². The number of halogens is 8. The van der Waals surface area contributed by atoms with Crippen LogP contribution in [-0.2, 0) is 19.1 Å². The van der Waals surface area contributed by atoms with E-state index >= 15 is 0 Å². The minimum absolute atomic E-state index is 0.0119. The first kappa shape index (κ1) is 106. The number of aliphatic hydroxyl groups excluding tert-OH is 5. The van der Waals surface area contributed by atoms with Crippen LogP contribution in [0.5, 0.6) is 0 Å². The molecule has 134 heavy (non-hydrogen) atoms. The van der Waals surface area contributed by atoms with Gasteiger partial charge in [0.15, 0.2) is 0 Å². The van der Waals surface area contributed by atoms with E-state index in [4.69, 9.17) is 67.5 Å². The molecule has 6 amide bonds. The summed E-state index contributed by atoms with van der Waals surface area (Å²) in [6.45, 7) is 39.2. The Labute approximate surface area is 807 Å². The fourth-order valence-corrected chi connectivity index (χ4v) is 21.4. The number of H-pyrrole nitrogens is 5. The average Bonchev–Trinajstić information content (AvgIpc) is 1.52. The fraction of sp³-hybridized carbons (Fsp3) is 0.582. The molecule has 734 valence electrons. The number of urea groups is 2. The van der Waals surface area contributed by atoms with E-state index < -0.39 is 64.2 Å². The lowest BCUT2D eigenvalue weighted by atomic mass is 9.68. The summed E-state index contributed by atoms with van der Waals surface area (Å²) in [6, 6.07) is 11.7. The number of fused-ring (bicyclic) bond motifs is 5. The van der Waals surface area contributed by atoms with E-state index in [1.807, 2.05) is 82.5 Å². The molecule has 28 nitrogen and oxygen atoms in total. The van der Waals surface area contributed by atoms with E-state index in [-0.39, 0.29) is 84.2 Å². The molecule has 5 aromatic heterocycles. The van der Waals surface area contributed by atoms with Crippen molar-refractivity contribution in [3.05, 3.63) is 156 Å². The van der Waals surface area contributed by atoms with Crippen molar-refractivity contribution >= 4 is 136 Å². The highest BCUT2D eigenvalue weighted by Gasteiger charge is 2.47. The van der Waals surface area contributed by atoms with Crippen molar-refractivity contribution < 1.29 is 67.4 Å². The standard InChI is InChI=1S/C21H30ClFN4O3.C20H28ClFN4O3.C20H27ClFN3O.C19H26ClN3O2.C18H24ClN3O2/c1-21(2,14-5-8-27(9-6-14)20(29)24-7-4-10-30-3)19(28)16-17(23)15(22)11-13-12-25-26-18(13)16;1-20(2,13-4-7-26(8-5-13)19(28)23-6-9-29-3)18(27)15-16(22)14(21)10-12-11-24-25-17(12)15;1-5-12(2)25-8-6-14(7-9-25)20(3,4)19(26)16-17(22)15(21)10-13-11-23-24-18(13)16;1-4-16(24)23-7-5-13(6-8-23)19(2,3)18(25)15-10-14(20)9-12-11-21-22-17(12)15;1-11(23)22-6-4-13(5-7-22)18(2,3)17(24)15-9-14(19)8-12-10-20-21-16(12)15/h11-12,14,19,28H,4-10H2,1-3H3,(H,24,29)(H,25,26);10-11,13,18,27H,4-9H2,1-3H3,(H,23,28)(H,24,25);10-11,14,19,26H,2,5-9H2,1,3-4H3,(H,23,24);9-11,13,18,25H,4-8H2,1-3H3,(H,21,22);8-10,13,17,24H,4-7H2,1-3H3,(H,20,21)/t;;;18-;17-/m...00/s1. The second kappa shape index (κ2) is 45.8. The van der Waals surface area contributed by atoms with Crippen LogP contribution in [0.1, 0.15) is 232 Å². The topological polar surface area (TPSA) is 372 Å². The number of rotatable bonds is 25. The number of nitrogens with zero attached hydrogens (tertiary/aromatic N) is 10. The molecule has 5 aromatic carbocycles. The monoisotopic (exact) mass is 1960 g/mol. The molecule has 0 saturated carbocycles. The van der Waals surface area contributed by atoms with Gasteiger partial charge >= 0.3 is 12.1 Å². The van der Waals surface area contributed by atoms with Gasteiger partial charge in [-0.3, -0.25) is 35.1 Å². The molecule has 0 radical (unpaired) electrons. The Hall–Kier alpha value is -8.57. The van der Waals surface area contributed by atoms with Crippen molar-refractivity contribution in [3.8, 4) is 0 Å². The van der Waals surface area contributed by atoms with Crippen molar-refractivity contribution in [2.45, 2.75) is 204 Å². The van der Waals surface area contributed by atoms with Gasteiger partial charge in [0.25, 0.3) is 0 Å². The number of carbonyl (C=O) groups excluding carboxylic acids is 4. The van der Waals surface area contributed by atoms with E-state index in [1.165, 1.54) is 18.2 Å². The minimum atomic E-state index is -1.07. The molecule has 5 saturated heterocycles. The quantitative estimate of drug-likeness (QED) is 0.0237. The van der Waals surface area contributed by atoms with Crippen LogP contribution >= 0.6 is 58.0 Å². The zero-order chi connectivity index (χ0) is 97.8. The maximum atomic E-state index is 14.9. The van der Waals surface area contributed by atoms with Gasteiger partial charge in [-0.05, 0) is 176 Å². The van der Waals surface area contributed by atoms with Crippen molar-refractivity contribution in [1.29, 1.82) is 0 Å². The zero-order valence-corrected chi connectivity index (χ0v) is 83.5. The maximum absolute atomic E-state index is 14.9. The van der Waals surface area contributed by atoms with Crippen LogP contribution < -0.4 is 10.6 Å². The van der Waals surface area contributed by atoms with Gasteiger partial charge in [-0.1, -0.05) is 148 Å². The molecule has 5 aliphatic rings. The highest BCUT2D eigenvalue weighted by molar-refractivity contribution is 6.33. The van der Waals surface area contributed by atoms with E-state index in [0.29, 0.717) is 113 Å². The van der Waals surface area contributed by atoms with Gasteiger partial charge in [0.2, 0.25) is 11.8 Å². The fourth-order valence-electron chi connectivity index (χ4n) is 20.3. The Balaban J connectivity index is 0.000000162. The molecule has 5 aliphatic heterocycles. The third kappa shape index (κ3) is 23.9. The second-order valence-electron chi connectivity index (χ2n) is 39.3. The number of ether oxygens (including phenoxy) is 2. The molecule has 5 atom stereocenters. The number of allylic oxidation sites excluding steroid dienone is 1. The number of piperidine rings is 5. The van der Waals surface area contributed by atoms with Crippen molar-refractivity contribution in [3.63, 3.8) is 0 Å².